The van der Waals surface area contributed by atoms with Crippen LogP contribution in [0.15, 0.2) is 53.7 Å². The number of para-hydroxylation sites is 1. The fourth-order valence-electron chi connectivity index (χ4n) is 2.14. The summed E-state index contributed by atoms with van der Waals surface area (Å²) in [5.41, 5.74) is 1.41. The molecule has 1 N–H and O–H groups in total. The lowest BCUT2D eigenvalue weighted by atomic mass is 10.0. The molecule has 0 aromatic heterocycles. The van der Waals surface area contributed by atoms with Crippen molar-refractivity contribution in [1.29, 1.82) is 0 Å². The number of hydrogen-bond donors (Lipinski definition) is 1. The monoisotopic (exact) mass is 330 g/mol. The van der Waals surface area contributed by atoms with Crippen LogP contribution < -0.4 is 10.1 Å². The zero-order chi connectivity index (χ0) is 17.4. The smallest absolute Gasteiger partial charge is 0.273 e. The summed E-state index contributed by atoms with van der Waals surface area (Å²) in [7, 11) is 1.37. The highest BCUT2D eigenvalue weighted by atomic mass is 19.1. The highest BCUT2D eigenvalue weighted by molar-refractivity contribution is 6.45. The van der Waals surface area contributed by atoms with Gasteiger partial charge in [-0.1, -0.05) is 41.6 Å². The second-order valence-electron chi connectivity index (χ2n) is 4.86. The summed E-state index contributed by atoms with van der Waals surface area (Å²) in [6.45, 7) is 2.38. The van der Waals surface area contributed by atoms with Crippen LogP contribution in [0, 0.1) is 5.82 Å². The second-order valence-corrected chi connectivity index (χ2v) is 4.86. The fourth-order valence-corrected chi connectivity index (χ4v) is 2.14. The first-order chi connectivity index (χ1) is 11.7. The number of rotatable bonds is 7. The van der Waals surface area contributed by atoms with Crippen LogP contribution in [-0.2, 0) is 16.2 Å². The molecule has 24 heavy (non-hydrogen) atoms. The summed E-state index contributed by atoms with van der Waals surface area (Å²) in [5, 5.41) is 6.51. The van der Waals surface area contributed by atoms with E-state index in [-0.39, 0.29) is 24.0 Å². The van der Waals surface area contributed by atoms with Crippen molar-refractivity contribution < 1.29 is 18.8 Å². The fraction of sp³-hybridized carbons (Fsp3) is 0.222. The SMILES string of the molecule is CCNC(=O)C(=NOC)c1ccccc1COc1ccccc1F. The molecular formula is C18H19FN2O3. The van der Waals surface area contributed by atoms with Gasteiger partial charge in [-0.2, -0.15) is 0 Å². The molecule has 2 aromatic carbocycles. The minimum Gasteiger partial charge on any atom is -0.486 e. The number of ether oxygens (including phenoxy) is 1. The lowest BCUT2D eigenvalue weighted by molar-refractivity contribution is -0.114. The standard InChI is InChI=1S/C18H19FN2O3/c1-3-20-18(22)17(21-23-2)14-9-5-4-8-13(14)12-24-16-11-7-6-10-15(16)19/h4-11H,3,12H2,1-2H3,(H,20,22). The molecule has 126 valence electrons. The van der Waals surface area contributed by atoms with Crippen LogP contribution in [0.2, 0.25) is 0 Å². The lowest BCUT2D eigenvalue weighted by Crippen LogP contribution is -2.32. The number of carbonyl (C=O) groups is 1. The molecule has 0 aliphatic heterocycles. The quantitative estimate of drug-likeness (QED) is 0.627. The molecule has 2 aromatic rings. The molecule has 0 radical (unpaired) electrons. The molecule has 0 aliphatic rings. The van der Waals surface area contributed by atoms with E-state index >= 15 is 0 Å². The Hall–Kier alpha value is -2.89. The third-order valence-corrected chi connectivity index (χ3v) is 3.23. The largest absolute Gasteiger partial charge is 0.486 e. The summed E-state index contributed by atoms with van der Waals surface area (Å²) >= 11 is 0. The van der Waals surface area contributed by atoms with Gasteiger partial charge in [0, 0.05) is 12.1 Å². The van der Waals surface area contributed by atoms with Crippen LogP contribution in [-0.4, -0.2) is 25.3 Å². The minimum absolute atomic E-state index is 0.0965. The van der Waals surface area contributed by atoms with E-state index < -0.39 is 5.82 Å². The van der Waals surface area contributed by atoms with E-state index in [1.165, 1.54) is 13.2 Å². The van der Waals surface area contributed by atoms with Crippen molar-refractivity contribution in [3.05, 3.63) is 65.5 Å². The lowest BCUT2D eigenvalue weighted by Gasteiger charge is -2.12. The topological polar surface area (TPSA) is 59.9 Å². The maximum absolute atomic E-state index is 13.7. The first kappa shape index (κ1) is 17.5. The van der Waals surface area contributed by atoms with Crippen molar-refractivity contribution in [3.63, 3.8) is 0 Å². The first-order valence-electron chi connectivity index (χ1n) is 7.52. The van der Waals surface area contributed by atoms with Gasteiger partial charge in [0.15, 0.2) is 17.3 Å². The molecule has 0 spiro atoms. The number of hydrogen-bond acceptors (Lipinski definition) is 4. The predicted octanol–water partition coefficient (Wildman–Crippen LogP) is 2.89. The molecule has 5 nitrogen and oxygen atoms in total. The number of halogens is 1. The first-order valence-corrected chi connectivity index (χ1v) is 7.52. The summed E-state index contributed by atoms with van der Waals surface area (Å²) in [5.74, 6) is -0.641. The Bertz CT molecular complexity index is 732. The van der Waals surface area contributed by atoms with Crippen molar-refractivity contribution in [1.82, 2.24) is 5.32 Å². The van der Waals surface area contributed by atoms with E-state index in [9.17, 15) is 9.18 Å². The van der Waals surface area contributed by atoms with E-state index in [1.54, 1.807) is 36.4 Å². The molecule has 0 fully saturated rings. The predicted molar refractivity (Wildman–Crippen MR) is 89.4 cm³/mol. The molecule has 1 amide bonds. The third kappa shape index (κ3) is 4.32. The average Bonchev–Trinajstić information content (AvgIpc) is 2.59. The van der Waals surface area contributed by atoms with E-state index in [0.29, 0.717) is 17.7 Å². The number of likely N-dealkylation sites (N-methyl/N-ethyl adjacent to an activating group) is 1. The molecule has 0 aliphatic carbocycles. The average molecular weight is 330 g/mol. The molecule has 6 heteroatoms. The van der Waals surface area contributed by atoms with Gasteiger partial charge < -0.3 is 14.9 Å². The summed E-state index contributed by atoms with van der Waals surface area (Å²) in [6, 6.07) is 13.3. The number of nitrogens with zero attached hydrogens (tertiary/aromatic N) is 1. The van der Waals surface area contributed by atoms with Gasteiger partial charge in [-0.15, -0.1) is 0 Å². The van der Waals surface area contributed by atoms with E-state index in [1.807, 2.05) is 13.0 Å². The number of carbonyl (C=O) groups excluding carboxylic acids is 1. The molecule has 0 saturated heterocycles. The van der Waals surface area contributed by atoms with Gasteiger partial charge in [0.05, 0.1) is 0 Å². The number of oxime groups is 1. The Morgan fingerprint density at radius 1 is 1.17 bits per heavy atom. The van der Waals surface area contributed by atoms with E-state index in [2.05, 4.69) is 10.5 Å². The van der Waals surface area contributed by atoms with Crippen LogP contribution in [0.4, 0.5) is 4.39 Å². The number of benzene rings is 2. The van der Waals surface area contributed by atoms with Gasteiger partial charge >= 0.3 is 0 Å². The van der Waals surface area contributed by atoms with Gasteiger partial charge in [0.25, 0.3) is 5.91 Å². The zero-order valence-corrected chi connectivity index (χ0v) is 13.6. The molecule has 0 unspecified atom stereocenters. The Morgan fingerprint density at radius 2 is 1.88 bits per heavy atom. The molecule has 0 bridgehead atoms. The highest BCUT2D eigenvalue weighted by Gasteiger charge is 2.18. The van der Waals surface area contributed by atoms with Crippen LogP contribution in [0.3, 0.4) is 0 Å². The van der Waals surface area contributed by atoms with Crippen LogP contribution in [0.5, 0.6) is 5.75 Å². The normalized spacial score (nSPS) is 11.0. The number of amides is 1. The van der Waals surface area contributed by atoms with Gasteiger partial charge in [0.2, 0.25) is 0 Å². The maximum Gasteiger partial charge on any atom is 0.273 e. The van der Waals surface area contributed by atoms with E-state index in [4.69, 9.17) is 9.57 Å². The zero-order valence-electron chi connectivity index (χ0n) is 13.6. The minimum atomic E-state index is -0.440. The Morgan fingerprint density at radius 3 is 2.58 bits per heavy atom. The Labute approximate surface area is 140 Å². The van der Waals surface area contributed by atoms with Crippen molar-refractivity contribution in [2.45, 2.75) is 13.5 Å². The molecule has 2 rings (SSSR count). The Kier molecular flexibility index (Phi) is 6.31. The van der Waals surface area contributed by atoms with Crippen LogP contribution >= 0.6 is 0 Å². The van der Waals surface area contributed by atoms with Gasteiger partial charge in [-0.05, 0) is 24.6 Å². The van der Waals surface area contributed by atoms with Crippen LogP contribution in [0.25, 0.3) is 0 Å². The molecule has 0 atom stereocenters. The van der Waals surface area contributed by atoms with Crippen molar-refractivity contribution in [3.8, 4) is 5.75 Å². The van der Waals surface area contributed by atoms with Crippen molar-refractivity contribution in [2.24, 2.45) is 5.16 Å². The Balaban J connectivity index is 2.27. The molecular weight excluding hydrogens is 311 g/mol. The number of nitrogens with one attached hydrogen (secondary N) is 1. The molecule has 0 saturated carbocycles. The van der Waals surface area contributed by atoms with Gasteiger partial charge in [-0.3, -0.25) is 4.79 Å². The summed E-state index contributed by atoms with van der Waals surface area (Å²) in [6.07, 6.45) is 0. The summed E-state index contributed by atoms with van der Waals surface area (Å²) < 4.78 is 19.2. The third-order valence-electron chi connectivity index (χ3n) is 3.23. The second kappa shape index (κ2) is 8.67. The maximum atomic E-state index is 13.7. The van der Waals surface area contributed by atoms with Crippen molar-refractivity contribution >= 4 is 11.6 Å². The van der Waals surface area contributed by atoms with Gasteiger partial charge in [0.1, 0.15) is 13.7 Å². The summed E-state index contributed by atoms with van der Waals surface area (Å²) in [4.78, 5) is 17.0. The highest BCUT2D eigenvalue weighted by Crippen LogP contribution is 2.19. The van der Waals surface area contributed by atoms with Crippen molar-refractivity contribution in [2.75, 3.05) is 13.7 Å². The van der Waals surface area contributed by atoms with Crippen LogP contribution in [0.1, 0.15) is 18.1 Å². The van der Waals surface area contributed by atoms with Gasteiger partial charge in [-0.25, -0.2) is 4.39 Å². The van der Waals surface area contributed by atoms with E-state index in [0.717, 1.165) is 0 Å². The molecule has 0 heterocycles.